The van der Waals surface area contributed by atoms with E-state index in [1.54, 1.807) is 0 Å². The normalized spacial score (nSPS) is 20.8. The molecule has 21 heavy (non-hydrogen) atoms. The van der Waals surface area contributed by atoms with Crippen molar-refractivity contribution in [1.82, 2.24) is 4.98 Å². The van der Waals surface area contributed by atoms with Gasteiger partial charge in [0.1, 0.15) is 0 Å². The van der Waals surface area contributed by atoms with Crippen LogP contribution >= 0.6 is 0 Å². The average Bonchev–Trinajstić information content (AvgIpc) is 3.22. The summed E-state index contributed by atoms with van der Waals surface area (Å²) in [5, 5.41) is 1.09. The van der Waals surface area contributed by atoms with Gasteiger partial charge in [0.05, 0.1) is 37.9 Å². The first-order chi connectivity index (χ1) is 10.4. The minimum absolute atomic E-state index is 0.108. The summed E-state index contributed by atoms with van der Waals surface area (Å²) in [5.74, 6) is -0.108. The summed E-state index contributed by atoms with van der Waals surface area (Å²) < 4.78 is 22.9. The van der Waals surface area contributed by atoms with E-state index in [1.807, 2.05) is 30.5 Å². The molecule has 0 saturated carbocycles. The molecule has 2 aliphatic heterocycles. The summed E-state index contributed by atoms with van der Waals surface area (Å²) in [6, 6.07) is 10.1. The molecule has 4 rings (SSSR count). The molecule has 0 radical (unpaired) electrons. The highest BCUT2D eigenvalue weighted by molar-refractivity contribution is 5.82. The maximum Gasteiger partial charge on any atom is 0.169 e. The Hall–Kier alpha value is -1.53. The van der Waals surface area contributed by atoms with Gasteiger partial charge in [0.2, 0.25) is 0 Å². The van der Waals surface area contributed by atoms with Gasteiger partial charge >= 0.3 is 0 Å². The predicted octanol–water partition coefficient (Wildman–Crippen LogP) is 2.06. The number of fused-ring (bicyclic) bond motifs is 1. The molecule has 0 N–H and O–H groups in total. The second-order valence-corrected chi connectivity index (χ2v) is 5.16. The molecule has 0 spiro atoms. The zero-order valence-electron chi connectivity index (χ0n) is 11.6. The van der Waals surface area contributed by atoms with E-state index in [-0.39, 0.29) is 18.5 Å². The second kappa shape index (κ2) is 5.69. The van der Waals surface area contributed by atoms with Crippen molar-refractivity contribution in [2.45, 2.75) is 18.5 Å². The second-order valence-electron chi connectivity index (χ2n) is 5.16. The van der Waals surface area contributed by atoms with E-state index in [2.05, 4.69) is 11.1 Å². The standard InChI is InChI=1S/C16H17NO4/c1-2-4-13-11(3-1)12(5-6-17-13)14(15-18-7-8-19-15)16-20-9-10-21-16/h1-6,14-16H,7-10H2. The predicted molar refractivity (Wildman–Crippen MR) is 75.9 cm³/mol. The van der Waals surface area contributed by atoms with Crippen molar-refractivity contribution in [1.29, 1.82) is 0 Å². The zero-order valence-corrected chi connectivity index (χ0v) is 11.6. The molecule has 0 unspecified atom stereocenters. The molecular formula is C16H17NO4. The van der Waals surface area contributed by atoms with Gasteiger partial charge in [-0.25, -0.2) is 0 Å². The molecule has 0 amide bonds. The Morgan fingerprint density at radius 3 is 2.14 bits per heavy atom. The Balaban J connectivity index is 1.80. The molecule has 0 bridgehead atoms. The Labute approximate surface area is 122 Å². The Kier molecular flexibility index (Phi) is 3.57. The van der Waals surface area contributed by atoms with Crippen molar-refractivity contribution in [3.05, 3.63) is 42.1 Å². The van der Waals surface area contributed by atoms with Crippen LogP contribution in [0.3, 0.4) is 0 Å². The largest absolute Gasteiger partial charge is 0.349 e. The number of pyridine rings is 1. The van der Waals surface area contributed by atoms with Gasteiger partial charge < -0.3 is 18.9 Å². The van der Waals surface area contributed by atoms with E-state index in [0.29, 0.717) is 26.4 Å². The van der Waals surface area contributed by atoms with E-state index >= 15 is 0 Å². The van der Waals surface area contributed by atoms with Crippen LogP contribution in [0.25, 0.3) is 10.9 Å². The van der Waals surface area contributed by atoms with Gasteiger partial charge in [-0.1, -0.05) is 18.2 Å². The maximum absolute atomic E-state index is 5.73. The molecule has 5 heteroatoms. The third-order valence-electron chi connectivity index (χ3n) is 3.92. The molecule has 1 aromatic heterocycles. The van der Waals surface area contributed by atoms with Crippen molar-refractivity contribution in [2.75, 3.05) is 26.4 Å². The Morgan fingerprint density at radius 1 is 0.857 bits per heavy atom. The van der Waals surface area contributed by atoms with Gasteiger partial charge in [0.25, 0.3) is 0 Å². The van der Waals surface area contributed by atoms with E-state index in [4.69, 9.17) is 18.9 Å². The SMILES string of the molecule is c1ccc2c(C(C3OCCO3)C3OCCO3)ccnc2c1. The van der Waals surface area contributed by atoms with Gasteiger partial charge in [-0.15, -0.1) is 0 Å². The lowest BCUT2D eigenvalue weighted by atomic mass is 9.94. The third-order valence-corrected chi connectivity index (χ3v) is 3.92. The highest BCUT2D eigenvalue weighted by atomic mass is 16.7. The van der Waals surface area contributed by atoms with Gasteiger partial charge in [0.15, 0.2) is 12.6 Å². The Bertz CT molecular complexity index is 599. The van der Waals surface area contributed by atoms with Gasteiger partial charge in [-0.3, -0.25) is 4.98 Å². The first kappa shape index (κ1) is 13.2. The van der Waals surface area contributed by atoms with Crippen molar-refractivity contribution < 1.29 is 18.9 Å². The number of nitrogens with zero attached hydrogens (tertiary/aromatic N) is 1. The van der Waals surface area contributed by atoms with Crippen LogP contribution in [-0.4, -0.2) is 44.0 Å². The first-order valence-corrected chi connectivity index (χ1v) is 7.23. The fraction of sp³-hybridized carbons (Fsp3) is 0.438. The number of aromatic nitrogens is 1. The molecule has 5 nitrogen and oxygen atoms in total. The molecular weight excluding hydrogens is 270 g/mol. The fourth-order valence-electron chi connectivity index (χ4n) is 3.00. The number of benzene rings is 1. The van der Waals surface area contributed by atoms with Crippen molar-refractivity contribution in [3.8, 4) is 0 Å². The Morgan fingerprint density at radius 2 is 1.48 bits per heavy atom. The van der Waals surface area contributed by atoms with E-state index in [1.165, 1.54) is 0 Å². The number of hydrogen-bond acceptors (Lipinski definition) is 5. The third kappa shape index (κ3) is 2.42. The van der Waals surface area contributed by atoms with Gasteiger partial charge in [-0.05, 0) is 17.7 Å². The summed E-state index contributed by atoms with van der Waals surface area (Å²) in [5.41, 5.74) is 2.05. The number of hydrogen-bond donors (Lipinski definition) is 0. The minimum atomic E-state index is -0.334. The summed E-state index contributed by atoms with van der Waals surface area (Å²) in [6.45, 7) is 2.43. The molecule has 0 atom stereocenters. The lowest BCUT2D eigenvalue weighted by molar-refractivity contribution is -0.145. The van der Waals surface area contributed by atoms with E-state index < -0.39 is 0 Å². The number of para-hydroxylation sites is 1. The average molecular weight is 287 g/mol. The molecule has 110 valence electrons. The van der Waals surface area contributed by atoms with Crippen LogP contribution in [0, 0.1) is 0 Å². The van der Waals surface area contributed by atoms with Gasteiger partial charge in [-0.2, -0.15) is 0 Å². The van der Waals surface area contributed by atoms with Crippen LogP contribution in [-0.2, 0) is 18.9 Å². The monoisotopic (exact) mass is 287 g/mol. The van der Waals surface area contributed by atoms with Crippen LogP contribution in [0.5, 0.6) is 0 Å². The molecule has 0 aliphatic carbocycles. The molecule has 1 aromatic carbocycles. The van der Waals surface area contributed by atoms with Crippen molar-refractivity contribution in [2.24, 2.45) is 0 Å². The number of rotatable bonds is 3. The summed E-state index contributed by atoms with van der Waals surface area (Å²) in [4.78, 5) is 4.41. The summed E-state index contributed by atoms with van der Waals surface area (Å²) in [6.07, 6.45) is 1.15. The lowest BCUT2D eigenvalue weighted by Gasteiger charge is -2.27. The maximum atomic E-state index is 5.73. The van der Waals surface area contributed by atoms with Crippen LogP contribution in [0.4, 0.5) is 0 Å². The lowest BCUT2D eigenvalue weighted by Crippen LogP contribution is -2.31. The summed E-state index contributed by atoms with van der Waals surface area (Å²) in [7, 11) is 0. The van der Waals surface area contributed by atoms with Crippen LogP contribution in [0.15, 0.2) is 36.5 Å². The zero-order chi connectivity index (χ0) is 14.1. The van der Waals surface area contributed by atoms with Gasteiger partial charge in [0, 0.05) is 11.6 Å². The molecule has 2 fully saturated rings. The van der Waals surface area contributed by atoms with E-state index in [9.17, 15) is 0 Å². The van der Waals surface area contributed by atoms with Crippen LogP contribution in [0.2, 0.25) is 0 Å². The van der Waals surface area contributed by atoms with Crippen LogP contribution < -0.4 is 0 Å². The summed E-state index contributed by atoms with van der Waals surface area (Å²) >= 11 is 0. The molecule has 3 heterocycles. The first-order valence-electron chi connectivity index (χ1n) is 7.23. The fourth-order valence-corrected chi connectivity index (χ4v) is 3.00. The quantitative estimate of drug-likeness (QED) is 0.865. The van der Waals surface area contributed by atoms with Crippen molar-refractivity contribution >= 4 is 10.9 Å². The number of ether oxygens (including phenoxy) is 4. The highest BCUT2D eigenvalue weighted by Crippen LogP contribution is 2.36. The topological polar surface area (TPSA) is 49.8 Å². The van der Waals surface area contributed by atoms with E-state index in [0.717, 1.165) is 16.5 Å². The van der Waals surface area contributed by atoms with Crippen molar-refractivity contribution in [3.63, 3.8) is 0 Å². The minimum Gasteiger partial charge on any atom is -0.349 e. The molecule has 2 aromatic rings. The smallest absolute Gasteiger partial charge is 0.169 e. The van der Waals surface area contributed by atoms with Crippen LogP contribution in [0.1, 0.15) is 11.5 Å². The molecule has 2 aliphatic rings. The highest BCUT2D eigenvalue weighted by Gasteiger charge is 2.39. The molecule has 2 saturated heterocycles.